The molecule has 112 valence electrons. The summed E-state index contributed by atoms with van der Waals surface area (Å²) in [5.74, 6) is 0. The first-order valence-corrected chi connectivity index (χ1v) is 9.66. The molecule has 0 saturated heterocycles. The van der Waals surface area contributed by atoms with Gasteiger partial charge in [-0.3, -0.25) is 0 Å². The van der Waals surface area contributed by atoms with E-state index in [1.807, 2.05) is 13.8 Å². The number of rotatable bonds is 8. The van der Waals surface area contributed by atoms with E-state index in [4.69, 9.17) is 26.6 Å². The van der Waals surface area contributed by atoms with E-state index >= 15 is 0 Å². The van der Waals surface area contributed by atoms with Crippen molar-refractivity contribution in [1.29, 1.82) is 0 Å². The summed E-state index contributed by atoms with van der Waals surface area (Å²) in [7, 11) is 5.30. The Balaban J connectivity index is 0. The van der Waals surface area contributed by atoms with Crippen molar-refractivity contribution in [3.05, 3.63) is 0 Å². The Morgan fingerprint density at radius 2 is 0.667 bits per heavy atom. The third kappa shape index (κ3) is 6.39. The normalized spacial score (nSPS) is 12.0. The van der Waals surface area contributed by atoms with Gasteiger partial charge >= 0.3 is 17.6 Å². The average molecular weight is 300 g/mol. The van der Waals surface area contributed by atoms with Crippen molar-refractivity contribution in [2.75, 3.05) is 42.7 Å². The molecule has 0 atom stereocenters. The molecule has 0 aromatic rings. The van der Waals surface area contributed by atoms with Crippen LogP contribution in [-0.4, -0.2) is 60.3 Å². The Bertz CT molecular complexity index is 130. The average Bonchev–Trinajstić information content (AvgIpc) is 2.46. The van der Waals surface area contributed by atoms with E-state index in [9.17, 15) is 0 Å². The highest BCUT2D eigenvalue weighted by molar-refractivity contribution is 6.60. The predicted molar refractivity (Wildman–Crippen MR) is 74.5 cm³/mol. The molecule has 0 aliphatic rings. The van der Waals surface area contributed by atoms with Gasteiger partial charge in [0.25, 0.3) is 0 Å². The summed E-state index contributed by atoms with van der Waals surface area (Å²) >= 11 is 0. The third-order valence-electron chi connectivity index (χ3n) is 2.73. The zero-order valence-corrected chi connectivity index (χ0v) is 14.9. The Labute approximate surface area is 113 Å². The molecule has 0 N–H and O–H groups in total. The van der Waals surface area contributed by atoms with Crippen LogP contribution in [0.15, 0.2) is 0 Å². The summed E-state index contributed by atoms with van der Waals surface area (Å²) in [4.78, 5) is 0. The van der Waals surface area contributed by atoms with Gasteiger partial charge < -0.3 is 26.6 Å². The molecule has 0 aliphatic heterocycles. The maximum absolute atomic E-state index is 5.08. The van der Waals surface area contributed by atoms with Gasteiger partial charge in [-0.25, -0.2) is 0 Å². The van der Waals surface area contributed by atoms with E-state index in [2.05, 4.69) is 0 Å². The fraction of sp³-hybridized carbons (Fsp3) is 1.00. The standard InChI is InChI=1S/2C5H14O3Si/c2*1-5-9(6-2,7-3)8-4/h2*5H2,1-4H3. The molecule has 0 radical (unpaired) electrons. The first-order valence-electron chi connectivity index (χ1n) is 5.80. The van der Waals surface area contributed by atoms with Crippen LogP contribution in [0.4, 0.5) is 0 Å². The molecule has 0 saturated carbocycles. The van der Waals surface area contributed by atoms with Crippen LogP contribution in [0.5, 0.6) is 0 Å². The molecule has 0 bridgehead atoms. The summed E-state index contributed by atoms with van der Waals surface area (Å²) in [6, 6.07) is 1.63. The lowest BCUT2D eigenvalue weighted by molar-refractivity contribution is 0.124. The van der Waals surface area contributed by atoms with Gasteiger partial charge in [0.15, 0.2) is 0 Å². The topological polar surface area (TPSA) is 55.4 Å². The van der Waals surface area contributed by atoms with Crippen molar-refractivity contribution in [2.45, 2.75) is 25.9 Å². The summed E-state index contributed by atoms with van der Waals surface area (Å²) < 4.78 is 30.5. The van der Waals surface area contributed by atoms with Gasteiger partial charge in [-0.1, -0.05) is 13.8 Å². The molecule has 0 heterocycles. The molecule has 0 rings (SSSR count). The van der Waals surface area contributed by atoms with Crippen molar-refractivity contribution >= 4 is 17.6 Å². The predicted octanol–water partition coefficient (Wildman–Crippen LogP) is 1.77. The quantitative estimate of drug-likeness (QED) is 0.637. The lowest BCUT2D eigenvalue weighted by atomic mass is 11.0. The molecule has 0 unspecified atom stereocenters. The summed E-state index contributed by atoms with van der Waals surface area (Å²) in [6.07, 6.45) is 0. The van der Waals surface area contributed by atoms with Crippen molar-refractivity contribution in [2.24, 2.45) is 0 Å². The highest BCUT2D eigenvalue weighted by Gasteiger charge is 2.35. The van der Waals surface area contributed by atoms with E-state index in [1.54, 1.807) is 42.7 Å². The van der Waals surface area contributed by atoms with E-state index in [0.717, 1.165) is 12.1 Å². The molecule has 0 aliphatic carbocycles. The van der Waals surface area contributed by atoms with Crippen LogP contribution < -0.4 is 0 Å². The van der Waals surface area contributed by atoms with Gasteiger partial charge in [0, 0.05) is 54.7 Å². The Kier molecular flexibility index (Phi) is 12.6. The van der Waals surface area contributed by atoms with Crippen LogP contribution >= 0.6 is 0 Å². The SMILES string of the molecule is CC[Si](OC)(OC)OC.CC[Si](OC)(OC)OC. The summed E-state index contributed by atoms with van der Waals surface area (Å²) in [5, 5.41) is 0. The second-order valence-electron chi connectivity index (χ2n) is 3.30. The molecule has 8 heteroatoms. The van der Waals surface area contributed by atoms with Crippen LogP contribution in [0.3, 0.4) is 0 Å². The minimum atomic E-state index is -2.19. The number of hydrogen-bond acceptors (Lipinski definition) is 6. The molecular weight excluding hydrogens is 272 g/mol. The van der Waals surface area contributed by atoms with E-state index in [-0.39, 0.29) is 0 Å². The zero-order valence-electron chi connectivity index (χ0n) is 12.9. The zero-order chi connectivity index (χ0) is 14.7. The largest absolute Gasteiger partial charge is 0.499 e. The van der Waals surface area contributed by atoms with Crippen molar-refractivity contribution in [3.63, 3.8) is 0 Å². The molecule has 0 aromatic carbocycles. The van der Waals surface area contributed by atoms with Gasteiger partial charge in [0.2, 0.25) is 0 Å². The summed E-state index contributed by atoms with van der Waals surface area (Å²) in [6.45, 7) is 3.98. The van der Waals surface area contributed by atoms with Crippen LogP contribution in [-0.2, 0) is 26.6 Å². The first-order chi connectivity index (χ1) is 8.49. The second-order valence-corrected chi connectivity index (χ2v) is 9.89. The number of hydrogen-bond donors (Lipinski definition) is 0. The molecule has 6 nitrogen and oxygen atoms in total. The first kappa shape index (κ1) is 20.5. The fourth-order valence-electron chi connectivity index (χ4n) is 1.37. The monoisotopic (exact) mass is 300 g/mol. The minimum absolute atomic E-state index is 0.816. The van der Waals surface area contributed by atoms with Crippen LogP contribution in [0.25, 0.3) is 0 Å². The van der Waals surface area contributed by atoms with Gasteiger partial charge in [0.1, 0.15) is 0 Å². The smallest absolute Gasteiger partial charge is 0.377 e. The Hall–Kier alpha value is 0.194. The lowest BCUT2D eigenvalue weighted by Crippen LogP contribution is -2.41. The van der Waals surface area contributed by atoms with Gasteiger partial charge in [-0.15, -0.1) is 0 Å². The van der Waals surface area contributed by atoms with Crippen molar-refractivity contribution in [1.82, 2.24) is 0 Å². The van der Waals surface area contributed by atoms with Gasteiger partial charge in [-0.05, 0) is 0 Å². The third-order valence-corrected chi connectivity index (χ3v) is 8.20. The van der Waals surface area contributed by atoms with E-state index in [1.165, 1.54) is 0 Å². The second kappa shape index (κ2) is 11.1. The Morgan fingerprint density at radius 1 is 0.500 bits per heavy atom. The molecule has 0 aromatic heterocycles. The molecule has 0 amide bonds. The van der Waals surface area contributed by atoms with E-state index < -0.39 is 17.6 Å². The van der Waals surface area contributed by atoms with Gasteiger partial charge in [0.05, 0.1) is 0 Å². The highest BCUT2D eigenvalue weighted by atomic mass is 28.4. The lowest BCUT2D eigenvalue weighted by Gasteiger charge is -2.22. The maximum Gasteiger partial charge on any atom is 0.499 e. The molecule has 0 fully saturated rings. The van der Waals surface area contributed by atoms with Crippen LogP contribution in [0.2, 0.25) is 12.1 Å². The summed E-state index contributed by atoms with van der Waals surface area (Å²) in [5.41, 5.74) is 0. The fourth-order valence-corrected chi connectivity index (χ4v) is 4.10. The van der Waals surface area contributed by atoms with Gasteiger partial charge in [-0.2, -0.15) is 0 Å². The van der Waals surface area contributed by atoms with Crippen LogP contribution in [0, 0.1) is 0 Å². The Morgan fingerprint density at radius 3 is 0.667 bits per heavy atom. The maximum atomic E-state index is 5.08. The molecule has 18 heavy (non-hydrogen) atoms. The van der Waals surface area contributed by atoms with Crippen LogP contribution in [0.1, 0.15) is 13.8 Å². The minimum Gasteiger partial charge on any atom is -0.377 e. The van der Waals surface area contributed by atoms with Crippen molar-refractivity contribution < 1.29 is 26.6 Å². The molecular formula is C10H28O6Si2. The van der Waals surface area contributed by atoms with E-state index in [0.29, 0.717) is 0 Å². The van der Waals surface area contributed by atoms with Crippen molar-refractivity contribution in [3.8, 4) is 0 Å². The molecule has 0 spiro atoms. The highest BCUT2D eigenvalue weighted by Crippen LogP contribution is 2.10.